The maximum Gasteiger partial charge on any atom is 0.214 e. The summed E-state index contributed by atoms with van der Waals surface area (Å²) in [6, 6.07) is 12.2. The molecule has 0 spiro atoms. The molecule has 0 fully saturated rings. The van der Waals surface area contributed by atoms with Gasteiger partial charge in [0.05, 0.1) is 0 Å². The van der Waals surface area contributed by atoms with E-state index in [0.29, 0.717) is 10.8 Å². The Kier molecular flexibility index (Phi) is 3.41. The topological polar surface area (TPSA) is 33.1 Å². The third-order valence-electron chi connectivity index (χ3n) is 2.02. The third-order valence-corrected chi connectivity index (χ3v) is 3.08. The Morgan fingerprint density at radius 2 is 1.88 bits per heavy atom. The van der Waals surface area contributed by atoms with Gasteiger partial charge < -0.3 is 5.11 Å². The van der Waals surface area contributed by atoms with Crippen LogP contribution in [0.2, 0.25) is 0 Å². The van der Waals surface area contributed by atoms with Crippen molar-refractivity contribution in [1.82, 2.24) is 4.98 Å². The number of pyridine rings is 1. The molecule has 0 saturated carbocycles. The SMILES string of the molecule is Oc1ccc(F)nc1SCc1ccccc1. The standard InChI is InChI=1S/C12H10FNOS/c13-11-7-6-10(15)12(14-11)16-8-9-4-2-1-3-5-9/h1-7,15H,8H2. The summed E-state index contributed by atoms with van der Waals surface area (Å²) >= 11 is 1.31. The first-order valence-electron chi connectivity index (χ1n) is 4.78. The van der Waals surface area contributed by atoms with Gasteiger partial charge in [-0.15, -0.1) is 0 Å². The van der Waals surface area contributed by atoms with Crippen molar-refractivity contribution in [2.75, 3.05) is 0 Å². The van der Waals surface area contributed by atoms with Crippen molar-refractivity contribution < 1.29 is 9.50 Å². The van der Waals surface area contributed by atoms with Gasteiger partial charge in [0.25, 0.3) is 0 Å². The van der Waals surface area contributed by atoms with Crippen molar-refractivity contribution in [3.63, 3.8) is 0 Å². The summed E-state index contributed by atoms with van der Waals surface area (Å²) in [6.45, 7) is 0. The second-order valence-corrected chi connectivity index (χ2v) is 4.20. The number of aromatic hydroxyl groups is 1. The van der Waals surface area contributed by atoms with E-state index in [9.17, 15) is 9.50 Å². The van der Waals surface area contributed by atoms with Crippen LogP contribution in [0, 0.1) is 5.95 Å². The van der Waals surface area contributed by atoms with Gasteiger partial charge in [-0.1, -0.05) is 42.1 Å². The fourth-order valence-electron chi connectivity index (χ4n) is 1.24. The summed E-state index contributed by atoms with van der Waals surface area (Å²) < 4.78 is 12.8. The monoisotopic (exact) mass is 235 g/mol. The predicted molar refractivity (Wildman–Crippen MR) is 61.9 cm³/mol. The van der Waals surface area contributed by atoms with Crippen molar-refractivity contribution in [3.8, 4) is 5.75 Å². The van der Waals surface area contributed by atoms with Crippen LogP contribution < -0.4 is 0 Å². The Bertz CT molecular complexity index is 476. The summed E-state index contributed by atoms with van der Waals surface area (Å²) in [6.07, 6.45) is 0. The molecule has 0 radical (unpaired) electrons. The van der Waals surface area contributed by atoms with E-state index in [4.69, 9.17) is 0 Å². The second-order valence-electron chi connectivity index (χ2n) is 3.23. The highest BCUT2D eigenvalue weighted by Gasteiger charge is 2.05. The zero-order valence-electron chi connectivity index (χ0n) is 8.43. The van der Waals surface area contributed by atoms with Gasteiger partial charge in [0.1, 0.15) is 10.8 Å². The number of hydrogen-bond acceptors (Lipinski definition) is 3. The summed E-state index contributed by atoms with van der Waals surface area (Å²) in [4.78, 5) is 3.63. The Morgan fingerprint density at radius 3 is 2.62 bits per heavy atom. The van der Waals surface area contributed by atoms with E-state index in [1.54, 1.807) is 0 Å². The van der Waals surface area contributed by atoms with Crippen molar-refractivity contribution in [3.05, 3.63) is 54.0 Å². The molecule has 2 aromatic rings. The molecule has 0 saturated heterocycles. The fraction of sp³-hybridized carbons (Fsp3) is 0.0833. The lowest BCUT2D eigenvalue weighted by atomic mass is 10.2. The minimum Gasteiger partial charge on any atom is -0.505 e. The Labute approximate surface area is 97.2 Å². The molecule has 2 nitrogen and oxygen atoms in total. The lowest BCUT2D eigenvalue weighted by Crippen LogP contribution is -1.87. The lowest BCUT2D eigenvalue weighted by Gasteiger charge is -2.03. The van der Waals surface area contributed by atoms with E-state index >= 15 is 0 Å². The first-order valence-corrected chi connectivity index (χ1v) is 5.76. The molecular weight excluding hydrogens is 225 g/mol. The van der Waals surface area contributed by atoms with E-state index in [1.807, 2.05) is 30.3 Å². The normalized spacial score (nSPS) is 10.3. The molecule has 2 rings (SSSR count). The third kappa shape index (κ3) is 2.73. The Morgan fingerprint density at radius 1 is 1.12 bits per heavy atom. The average molecular weight is 235 g/mol. The minimum atomic E-state index is -0.576. The average Bonchev–Trinajstić information content (AvgIpc) is 2.32. The number of hydrogen-bond donors (Lipinski definition) is 1. The molecule has 4 heteroatoms. The maximum absolute atomic E-state index is 12.8. The van der Waals surface area contributed by atoms with Crippen LogP contribution in [0.15, 0.2) is 47.5 Å². The highest BCUT2D eigenvalue weighted by molar-refractivity contribution is 7.98. The smallest absolute Gasteiger partial charge is 0.214 e. The van der Waals surface area contributed by atoms with Crippen LogP contribution in [0.5, 0.6) is 5.75 Å². The van der Waals surface area contributed by atoms with E-state index < -0.39 is 5.95 Å². The van der Waals surface area contributed by atoms with Gasteiger partial charge in [0.2, 0.25) is 5.95 Å². The van der Waals surface area contributed by atoms with Crippen molar-refractivity contribution in [2.24, 2.45) is 0 Å². The second kappa shape index (κ2) is 4.99. The van der Waals surface area contributed by atoms with E-state index in [-0.39, 0.29) is 5.75 Å². The van der Waals surface area contributed by atoms with E-state index in [0.717, 1.165) is 11.6 Å². The Hall–Kier alpha value is -1.55. The molecule has 0 atom stereocenters. The van der Waals surface area contributed by atoms with Crippen LogP contribution >= 0.6 is 11.8 Å². The molecule has 0 bridgehead atoms. The highest BCUT2D eigenvalue weighted by atomic mass is 32.2. The lowest BCUT2D eigenvalue weighted by molar-refractivity contribution is 0.447. The fourth-order valence-corrected chi connectivity index (χ4v) is 2.11. The summed E-state index contributed by atoms with van der Waals surface area (Å²) in [5, 5.41) is 9.79. The summed E-state index contributed by atoms with van der Waals surface area (Å²) in [5.74, 6) is 0.0980. The summed E-state index contributed by atoms with van der Waals surface area (Å²) in [7, 11) is 0. The quantitative estimate of drug-likeness (QED) is 0.655. The van der Waals surface area contributed by atoms with E-state index in [2.05, 4.69) is 4.98 Å². The molecule has 0 aliphatic carbocycles. The number of halogens is 1. The van der Waals surface area contributed by atoms with Crippen molar-refractivity contribution in [2.45, 2.75) is 10.8 Å². The number of thioether (sulfide) groups is 1. The molecule has 0 amide bonds. The van der Waals surface area contributed by atoms with Gasteiger partial charge in [0, 0.05) is 5.75 Å². The molecule has 1 aromatic heterocycles. The van der Waals surface area contributed by atoms with Crippen LogP contribution in [0.3, 0.4) is 0 Å². The van der Waals surface area contributed by atoms with Crippen molar-refractivity contribution in [1.29, 1.82) is 0 Å². The highest BCUT2D eigenvalue weighted by Crippen LogP contribution is 2.28. The van der Waals surface area contributed by atoms with Crippen LogP contribution in [-0.2, 0) is 5.75 Å². The molecule has 16 heavy (non-hydrogen) atoms. The number of aromatic nitrogens is 1. The summed E-state index contributed by atoms with van der Waals surface area (Å²) in [5.41, 5.74) is 1.11. The molecular formula is C12H10FNOS. The number of benzene rings is 1. The van der Waals surface area contributed by atoms with Gasteiger partial charge in [-0.2, -0.15) is 4.39 Å². The van der Waals surface area contributed by atoms with Crippen LogP contribution in [0.1, 0.15) is 5.56 Å². The largest absolute Gasteiger partial charge is 0.505 e. The first-order chi connectivity index (χ1) is 7.75. The molecule has 0 unspecified atom stereocenters. The van der Waals surface area contributed by atoms with Crippen LogP contribution in [0.25, 0.3) is 0 Å². The van der Waals surface area contributed by atoms with E-state index in [1.165, 1.54) is 17.8 Å². The van der Waals surface area contributed by atoms with Crippen LogP contribution in [0.4, 0.5) is 4.39 Å². The number of nitrogens with zero attached hydrogens (tertiary/aromatic N) is 1. The minimum absolute atomic E-state index is 0.0160. The zero-order valence-corrected chi connectivity index (χ0v) is 9.25. The zero-order chi connectivity index (χ0) is 11.4. The number of rotatable bonds is 3. The van der Waals surface area contributed by atoms with Gasteiger partial charge >= 0.3 is 0 Å². The molecule has 0 aliphatic rings. The van der Waals surface area contributed by atoms with Crippen molar-refractivity contribution >= 4 is 11.8 Å². The molecule has 82 valence electrons. The van der Waals surface area contributed by atoms with Crippen LogP contribution in [-0.4, -0.2) is 10.1 Å². The maximum atomic E-state index is 12.8. The van der Waals surface area contributed by atoms with Gasteiger partial charge in [-0.25, -0.2) is 4.98 Å². The van der Waals surface area contributed by atoms with Gasteiger partial charge in [0.15, 0.2) is 0 Å². The van der Waals surface area contributed by atoms with Gasteiger partial charge in [-0.05, 0) is 17.7 Å². The Balaban J connectivity index is 2.08. The molecule has 0 aliphatic heterocycles. The molecule has 1 N–H and O–H groups in total. The van der Waals surface area contributed by atoms with Gasteiger partial charge in [-0.3, -0.25) is 0 Å². The first kappa shape index (κ1) is 11.0. The molecule has 1 aromatic carbocycles. The predicted octanol–water partition coefficient (Wildman–Crippen LogP) is 3.22. The molecule has 1 heterocycles.